The molecule has 1 aliphatic heterocycles. The molecular formula is C23H29N3O7S. The van der Waals surface area contributed by atoms with Crippen molar-refractivity contribution in [3.8, 4) is 11.5 Å². The van der Waals surface area contributed by atoms with Gasteiger partial charge in [0.2, 0.25) is 10.0 Å². The number of sulfonamides is 1. The van der Waals surface area contributed by atoms with E-state index in [9.17, 15) is 13.2 Å². The molecule has 0 aliphatic carbocycles. The standard InChI is InChI=1S/C23H29N3O7S/c1-30-18-4-7-21(31-2)17(14-18)16-26(9-3-8-25-10-12-32-13-11-25)34(28,29)19-5-6-20-22(15-19)33-23(27)24-20/h4-7,14-15H,3,8-13,16H2,1-2H3,(H,24,27). The van der Waals surface area contributed by atoms with Crippen molar-refractivity contribution < 1.29 is 27.0 Å². The molecule has 1 fully saturated rings. The third-order valence-electron chi connectivity index (χ3n) is 5.85. The largest absolute Gasteiger partial charge is 0.497 e. The molecule has 11 heteroatoms. The maximum Gasteiger partial charge on any atom is 0.417 e. The molecule has 1 saturated heterocycles. The Morgan fingerprint density at radius 3 is 2.62 bits per heavy atom. The average Bonchev–Trinajstić information content (AvgIpc) is 3.23. The Morgan fingerprint density at radius 2 is 1.88 bits per heavy atom. The molecule has 184 valence electrons. The number of fused-ring (bicyclic) bond motifs is 1. The molecular weight excluding hydrogens is 462 g/mol. The van der Waals surface area contributed by atoms with Gasteiger partial charge in [0.05, 0.1) is 37.8 Å². The van der Waals surface area contributed by atoms with Gasteiger partial charge in [0.1, 0.15) is 11.5 Å². The van der Waals surface area contributed by atoms with E-state index in [1.807, 2.05) is 0 Å². The van der Waals surface area contributed by atoms with Crippen molar-refractivity contribution in [1.82, 2.24) is 14.2 Å². The summed E-state index contributed by atoms with van der Waals surface area (Å²) in [4.78, 5) is 16.4. The fourth-order valence-corrected chi connectivity index (χ4v) is 5.48. The normalized spacial score (nSPS) is 15.1. The molecule has 34 heavy (non-hydrogen) atoms. The highest BCUT2D eigenvalue weighted by molar-refractivity contribution is 7.89. The summed E-state index contributed by atoms with van der Waals surface area (Å²) in [6.07, 6.45) is 0.646. The molecule has 3 aromatic rings. The summed E-state index contributed by atoms with van der Waals surface area (Å²) in [5.74, 6) is 0.547. The smallest absolute Gasteiger partial charge is 0.417 e. The van der Waals surface area contributed by atoms with Gasteiger partial charge in [-0.2, -0.15) is 4.31 Å². The molecule has 0 spiro atoms. The van der Waals surface area contributed by atoms with Crippen LogP contribution in [0.2, 0.25) is 0 Å². The van der Waals surface area contributed by atoms with Crippen LogP contribution in [0.25, 0.3) is 11.1 Å². The lowest BCUT2D eigenvalue weighted by atomic mass is 10.2. The summed E-state index contributed by atoms with van der Waals surface area (Å²) in [6, 6.07) is 9.68. The van der Waals surface area contributed by atoms with Crippen LogP contribution in [0.15, 0.2) is 50.5 Å². The van der Waals surface area contributed by atoms with E-state index >= 15 is 0 Å². The second-order valence-corrected chi connectivity index (χ2v) is 9.93. The summed E-state index contributed by atoms with van der Waals surface area (Å²) in [6.45, 7) is 4.20. The lowest BCUT2D eigenvalue weighted by Gasteiger charge is -2.28. The molecule has 0 radical (unpaired) electrons. The van der Waals surface area contributed by atoms with Gasteiger partial charge in [-0.1, -0.05) is 0 Å². The van der Waals surface area contributed by atoms with E-state index in [1.165, 1.54) is 22.5 Å². The number of nitrogens with one attached hydrogen (secondary N) is 1. The topological polar surface area (TPSA) is 114 Å². The minimum absolute atomic E-state index is 0.0518. The molecule has 1 N–H and O–H groups in total. The highest BCUT2D eigenvalue weighted by atomic mass is 32.2. The fraction of sp³-hybridized carbons (Fsp3) is 0.435. The van der Waals surface area contributed by atoms with E-state index in [4.69, 9.17) is 18.6 Å². The summed E-state index contributed by atoms with van der Waals surface area (Å²) >= 11 is 0. The van der Waals surface area contributed by atoms with Crippen molar-refractivity contribution in [2.45, 2.75) is 17.9 Å². The predicted octanol–water partition coefficient (Wildman–Crippen LogP) is 2.05. The molecule has 0 atom stereocenters. The molecule has 0 amide bonds. The van der Waals surface area contributed by atoms with Gasteiger partial charge in [0, 0.05) is 37.8 Å². The van der Waals surface area contributed by atoms with E-state index in [0.29, 0.717) is 48.8 Å². The van der Waals surface area contributed by atoms with Gasteiger partial charge in [0.15, 0.2) is 5.58 Å². The van der Waals surface area contributed by atoms with Crippen LogP contribution in [-0.4, -0.2) is 76.2 Å². The molecule has 2 aromatic carbocycles. The van der Waals surface area contributed by atoms with E-state index in [1.54, 1.807) is 32.4 Å². The summed E-state index contributed by atoms with van der Waals surface area (Å²) in [7, 11) is -0.807. The van der Waals surface area contributed by atoms with Crippen LogP contribution in [-0.2, 0) is 21.3 Å². The zero-order valence-corrected chi connectivity index (χ0v) is 20.1. The third-order valence-corrected chi connectivity index (χ3v) is 7.69. The molecule has 4 rings (SSSR count). The molecule has 0 saturated carbocycles. The number of methoxy groups -OCH3 is 2. The van der Waals surface area contributed by atoms with Gasteiger partial charge in [-0.15, -0.1) is 0 Å². The maximum atomic E-state index is 13.7. The Balaban J connectivity index is 1.63. The monoisotopic (exact) mass is 491 g/mol. The maximum absolute atomic E-state index is 13.7. The Morgan fingerprint density at radius 1 is 1.09 bits per heavy atom. The van der Waals surface area contributed by atoms with E-state index in [2.05, 4.69) is 9.88 Å². The molecule has 10 nitrogen and oxygen atoms in total. The highest BCUT2D eigenvalue weighted by Crippen LogP contribution is 2.28. The Labute approximate surface area is 198 Å². The van der Waals surface area contributed by atoms with E-state index in [-0.39, 0.29) is 17.0 Å². The Kier molecular flexibility index (Phi) is 7.57. The number of morpholine rings is 1. The lowest BCUT2D eigenvalue weighted by molar-refractivity contribution is 0.0368. The van der Waals surface area contributed by atoms with E-state index in [0.717, 1.165) is 19.6 Å². The number of oxazole rings is 1. The first-order valence-electron chi connectivity index (χ1n) is 11.0. The number of rotatable bonds is 10. The zero-order valence-electron chi connectivity index (χ0n) is 19.3. The number of aromatic amines is 1. The van der Waals surface area contributed by atoms with E-state index < -0.39 is 15.8 Å². The second-order valence-electron chi connectivity index (χ2n) is 8.00. The van der Waals surface area contributed by atoms with Crippen LogP contribution >= 0.6 is 0 Å². The quantitative estimate of drug-likeness (QED) is 0.458. The van der Waals surface area contributed by atoms with Crippen LogP contribution < -0.4 is 15.2 Å². The third kappa shape index (κ3) is 5.44. The van der Waals surface area contributed by atoms with Gasteiger partial charge >= 0.3 is 5.76 Å². The van der Waals surface area contributed by atoms with Crippen LogP contribution in [0.4, 0.5) is 0 Å². The minimum Gasteiger partial charge on any atom is -0.497 e. The molecule has 1 aliphatic rings. The van der Waals surface area contributed by atoms with Crippen LogP contribution in [0.3, 0.4) is 0 Å². The number of ether oxygens (including phenoxy) is 3. The van der Waals surface area contributed by atoms with Crippen molar-refractivity contribution in [3.63, 3.8) is 0 Å². The first kappa shape index (κ1) is 24.3. The number of H-pyrrole nitrogens is 1. The number of nitrogens with zero attached hydrogens (tertiary/aromatic N) is 2. The predicted molar refractivity (Wildman–Crippen MR) is 126 cm³/mol. The van der Waals surface area contributed by atoms with Gasteiger partial charge in [-0.3, -0.25) is 9.88 Å². The van der Waals surface area contributed by atoms with Crippen molar-refractivity contribution >= 4 is 21.1 Å². The average molecular weight is 492 g/mol. The number of hydrogen-bond donors (Lipinski definition) is 1. The van der Waals surface area contributed by atoms with Crippen LogP contribution in [0.1, 0.15) is 12.0 Å². The van der Waals surface area contributed by atoms with Crippen molar-refractivity contribution in [1.29, 1.82) is 0 Å². The fourth-order valence-electron chi connectivity index (χ4n) is 4.01. The highest BCUT2D eigenvalue weighted by Gasteiger charge is 2.27. The summed E-state index contributed by atoms with van der Waals surface area (Å²) in [5.41, 5.74) is 1.32. The van der Waals surface area contributed by atoms with Gasteiger partial charge in [0.25, 0.3) is 0 Å². The van der Waals surface area contributed by atoms with Gasteiger partial charge in [-0.05, 0) is 43.3 Å². The summed E-state index contributed by atoms with van der Waals surface area (Å²) < 4.78 is 50.1. The molecule has 0 bridgehead atoms. The van der Waals surface area contributed by atoms with Gasteiger partial charge < -0.3 is 18.6 Å². The van der Waals surface area contributed by atoms with Crippen LogP contribution in [0, 0.1) is 0 Å². The number of benzene rings is 2. The zero-order chi connectivity index (χ0) is 24.1. The lowest BCUT2D eigenvalue weighted by Crippen LogP contribution is -2.39. The number of hydrogen-bond acceptors (Lipinski definition) is 8. The summed E-state index contributed by atoms with van der Waals surface area (Å²) in [5, 5.41) is 0. The molecule has 1 aromatic heterocycles. The Hall–Kier alpha value is -2.86. The Bertz CT molecular complexity index is 1280. The number of aromatic nitrogens is 1. The first-order chi connectivity index (χ1) is 16.4. The molecule has 2 heterocycles. The van der Waals surface area contributed by atoms with Crippen molar-refractivity contribution in [2.24, 2.45) is 0 Å². The molecule has 0 unspecified atom stereocenters. The van der Waals surface area contributed by atoms with Crippen LogP contribution in [0.5, 0.6) is 11.5 Å². The second kappa shape index (κ2) is 10.6. The SMILES string of the molecule is COc1ccc(OC)c(CN(CCCN2CCOCC2)S(=O)(=O)c2ccc3[nH]c(=O)oc3c2)c1. The first-order valence-corrected chi connectivity index (χ1v) is 12.5. The van der Waals surface area contributed by atoms with Crippen molar-refractivity contribution in [3.05, 3.63) is 52.5 Å². The van der Waals surface area contributed by atoms with Crippen molar-refractivity contribution in [2.75, 3.05) is 53.6 Å². The minimum atomic E-state index is -3.91. The van der Waals surface area contributed by atoms with Gasteiger partial charge in [-0.25, -0.2) is 13.2 Å².